The molecule has 4 rings (SSSR count). The average Bonchev–Trinajstić information content (AvgIpc) is 3.13. The number of ether oxygens (including phenoxy) is 1. The number of rotatable bonds is 3. The molecule has 1 fully saturated rings. The molecular weight excluding hydrogens is 346 g/mol. The van der Waals surface area contributed by atoms with E-state index >= 15 is 0 Å². The van der Waals surface area contributed by atoms with Crippen LogP contribution in [-0.4, -0.2) is 36.1 Å². The third-order valence-electron chi connectivity index (χ3n) is 4.78. The normalized spacial score (nSPS) is 15.2. The molecular formula is C20H21N3O2S. The first-order valence-corrected chi connectivity index (χ1v) is 9.60. The zero-order chi connectivity index (χ0) is 17.9. The number of nitrogens with zero attached hydrogens (tertiary/aromatic N) is 2. The van der Waals surface area contributed by atoms with Crippen molar-refractivity contribution < 1.29 is 9.53 Å². The summed E-state index contributed by atoms with van der Waals surface area (Å²) >= 11 is 1.78. The topological polar surface area (TPSA) is 54.5 Å². The van der Waals surface area contributed by atoms with E-state index in [0.717, 1.165) is 42.9 Å². The van der Waals surface area contributed by atoms with Gasteiger partial charge in [0.05, 0.1) is 22.3 Å². The number of aromatic nitrogens is 1. The maximum absolute atomic E-state index is 12.5. The second-order valence-electron chi connectivity index (χ2n) is 6.44. The summed E-state index contributed by atoms with van der Waals surface area (Å²) in [6, 6.07) is 15.6. The van der Waals surface area contributed by atoms with E-state index in [1.165, 1.54) is 9.71 Å². The number of amides is 2. The smallest absolute Gasteiger partial charge is 0.321 e. The number of urea groups is 1. The van der Waals surface area contributed by atoms with Crippen molar-refractivity contribution in [2.45, 2.75) is 18.8 Å². The summed E-state index contributed by atoms with van der Waals surface area (Å²) in [5.41, 5.74) is 1.86. The first kappa shape index (κ1) is 16.8. The van der Waals surface area contributed by atoms with Crippen LogP contribution in [-0.2, 0) is 0 Å². The van der Waals surface area contributed by atoms with Crippen molar-refractivity contribution in [3.05, 3.63) is 53.5 Å². The Balaban J connectivity index is 1.35. The number of methoxy groups -OCH3 is 1. The van der Waals surface area contributed by atoms with Crippen LogP contribution in [0.5, 0.6) is 5.75 Å². The molecule has 0 radical (unpaired) electrons. The lowest BCUT2D eigenvalue weighted by molar-refractivity contribution is 0.194. The van der Waals surface area contributed by atoms with Crippen molar-refractivity contribution in [3.8, 4) is 5.75 Å². The molecule has 0 bridgehead atoms. The summed E-state index contributed by atoms with van der Waals surface area (Å²) in [6.45, 7) is 1.51. The zero-order valence-electron chi connectivity index (χ0n) is 14.6. The summed E-state index contributed by atoms with van der Waals surface area (Å²) < 4.78 is 6.38. The van der Waals surface area contributed by atoms with Crippen LogP contribution in [0.1, 0.15) is 23.8 Å². The van der Waals surface area contributed by atoms with Crippen LogP contribution in [0.25, 0.3) is 10.2 Å². The van der Waals surface area contributed by atoms with E-state index in [1.54, 1.807) is 18.4 Å². The van der Waals surface area contributed by atoms with Gasteiger partial charge in [-0.15, -0.1) is 11.3 Å². The number of nitrogens with one attached hydrogen (secondary N) is 1. The van der Waals surface area contributed by atoms with Crippen LogP contribution in [0, 0.1) is 0 Å². The molecule has 1 aliphatic rings. The zero-order valence-corrected chi connectivity index (χ0v) is 15.5. The standard InChI is InChI=1S/C20H21N3O2S/c1-25-16-8-6-15(7-9-16)21-20(24)23-12-10-14(11-13-23)19-22-17-4-2-3-5-18(17)26-19/h2-9,14H,10-13H2,1H3,(H,21,24). The van der Waals surface area contributed by atoms with Gasteiger partial charge in [-0.1, -0.05) is 12.1 Å². The van der Waals surface area contributed by atoms with Gasteiger partial charge in [0.2, 0.25) is 0 Å². The summed E-state index contributed by atoms with van der Waals surface area (Å²) in [5, 5.41) is 4.15. The Hall–Kier alpha value is -2.60. The van der Waals surface area contributed by atoms with Crippen LogP contribution < -0.4 is 10.1 Å². The molecule has 2 amide bonds. The molecule has 134 valence electrons. The van der Waals surface area contributed by atoms with Gasteiger partial charge in [0.25, 0.3) is 0 Å². The first-order chi connectivity index (χ1) is 12.7. The van der Waals surface area contributed by atoms with E-state index in [2.05, 4.69) is 23.5 Å². The number of para-hydroxylation sites is 1. The molecule has 2 aromatic carbocycles. The van der Waals surface area contributed by atoms with Crippen molar-refractivity contribution in [2.75, 3.05) is 25.5 Å². The Kier molecular flexibility index (Phi) is 4.75. The fourth-order valence-corrected chi connectivity index (χ4v) is 4.41. The maximum atomic E-state index is 12.5. The van der Waals surface area contributed by atoms with Gasteiger partial charge in [-0.25, -0.2) is 9.78 Å². The Labute approximate surface area is 156 Å². The second kappa shape index (κ2) is 7.33. The monoisotopic (exact) mass is 367 g/mol. The molecule has 5 nitrogen and oxygen atoms in total. The number of fused-ring (bicyclic) bond motifs is 1. The predicted molar refractivity (Wildman–Crippen MR) is 105 cm³/mol. The SMILES string of the molecule is COc1ccc(NC(=O)N2CCC(c3nc4ccccc4s3)CC2)cc1. The van der Waals surface area contributed by atoms with Crippen LogP contribution in [0.2, 0.25) is 0 Å². The fourth-order valence-electron chi connectivity index (χ4n) is 3.27. The van der Waals surface area contributed by atoms with Crippen molar-refractivity contribution in [2.24, 2.45) is 0 Å². The lowest BCUT2D eigenvalue weighted by Crippen LogP contribution is -2.40. The Bertz CT molecular complexity index is 866. The Morgan fingerprint density at radius 2 is 1.88 bits per heavy atom. The van der Waals surface area contributed by atoms with Crippen LogP contribution >= 0.6 is 11.3 Å². The Morgan fingerprint density at radius 3 is 2.58 bits per heavy atom. The van der Waals surface area contributed by atoms with Crippen molar-refractivity contribution in [3.63, 3.8) is 0 Å². The Morgan fingerprint density at radius 1 is 1.15 bits per heavy atom. The van der Waals surface area contributed by atoms with Gasteiger partial charge in [0.1, 0.15) is 5.75 Å². The summed E-state index contributed by atoms with van der Waals surface area (Å²) in [4.78, 5) is 19.1. The number of likely N-dealkylation sites (tertiary alicyclic amines) is 1. The molecule has 0 atom stereocenters. The van der Waals surface area contributed by atoms with Crippen LogP contribution in [0.3, 0.4) is 0 Å². The van der Waals surface area contributed by atoms with E-state index in [4.69, 9.17) is 9.72 Å². The number of thiazole rings is 1. The third kappa shape index (κ3) is 3.51. The quantitative estimate of drug-likeness (QED) is 0.729. The number of anilines is 1. The fraction of sp³-hybridized carbons (Fsp3) is 0.300. The molecule has 0 aliphatic carbocycles. The van der Waals surface area contributed by atoms with Crippen molar-refractivity contribution >= 4 is 33.3 Å². The number of piperidine rings is 1. The molecule has 0 spiro atoms. The molecule has 1 N–H and O–H groups in total. The van der Waals surface area contributed by atoms with E-state index in [9.17, 15) is 4.79 Å². The third-order valence-corrected chi connectivity index (χ3v) is 5.98. The number of carbonyl (C=O) groups excluding carboxylic acids is 1. The molecule has 3 aromatic rings. The summed E-state index contributed by atoms with van der Waals surface area (Å²) in [5.74, 6) is 1.22. The lowest BCUT2D eigenvalue weighted by Gasteiger charge is -2.31. The average molecular weight is 367 g/mol. The highest BCUT2D eigenvalue weighted by atomic mass is 32.1. The number of carbonyl (C=O) groups is 1. The van der Waals surface area contributed by atoms with E-state index in [-0.39, 0.29) is 6.03 Å². The van der Waals surface area contributed by atoms with E-state index in [0.29, 0.717) is 5.92 Å². The lowest BCUT2D eigenvalue weighted by atomic mass is 9.98. The summed E-state index contributed by atoms with van der Waals surface area (Å²) in [6.07, 6.45) is 1.91. The van der Waals surface area contributed by atoms with E-state index < -0.39 is 0 Å². The predicted octanol–water partition coefficient (Wildman–Crippen LogP) is 4.72. The highest BCUT2D eigenvalue weighted by Gasteiger charge is 2.26. The first-order valence-electron chi connectivity index (χ1n) is 8.78. The second-order valence-corrected chi connectivity index (χ2v) is 7.50. The van der Waals surface area contributed by atoms with E-state index in [1.807, 2.05) is 35.2 Å². The highest BCUT2D eigenvalue weighted by molar-refractivity contribution is 7.18. The molecule has 1 aromatic heterocycles. The minimum Gasteiger partial charge on any atom is -0.497 e. The molecule has 0 unspecified atom stereocenters. The molecule has 26 heavy (non-hydrogen) atoms. The van der Waals surface area contributed by atoms with Gasteiger partial charge in [-0.05, 0) is 49.2 Å². The maximum Gasteiger partial charge on any atom is 0.321 e. The van der Waals surface area contributed by atoms with Crippen molar-refractivity contribution in [1.29, 1.82) is 0 Å². The largest absolute Gasteiger partial charge is 0.497 e. The minimum absolute atomic E-state index is 0.0436. The number of hydrogen-bond acceptors (Lipinski definition) is 4. The van der Waals surface area contributed by atoms with Gasteiger partial charge >= 0.3 is 6.03 Å². The van der Waals surface area contributed by atoms with Gasteiger partial charge in [0.15, 0.2) is 0 Å². The molecule has 1 aliphatic heterocycles. The van der Waals surface area contributed by atoms with Crippen molar-refractivity contribution in [1.82, 2.24) is 9.88 Å². The highest BCUT2D eigenvalue weighted by Crippen LogP contribution is 2.33. The minimum atomic E-state index is -0.0436. The molecule has 0 saturated carbocycles. The van der Waals surface area contributed by atoms with Gasteiger partial charge in [-0.3, -0.25) is 0 Å². The van der Waals surface area contributed by atoms with Crippen LogP contribution in [0.4, 0.5) is 10.5 Å². The van der Waals surface area contributed by atoms with Crippen LogP contribution in [0.15, 0.2) is 48.5 Å². The molecule has 6 heteroatoms. The van der Waals surface area contributed by atoms with Gasteiger partial charge in [0, 0.05) is 24.7 Å². The number of benzene rings is 2. The summed E-state index contributed by atoms with van der Waals surface area (Å²) in [7, 11) is 1.63. The number of hydrogen-bond donors (Lipinski definition) is 1. The van der Waals surface area contributed by atoms with Gasteiger partial charge in [-0.2, -0.15) is 0 Å². The molecule has 1 saturated heterocycles. The van der Waals surface area contributed by atoms with Gasteiger partial charge < -0.3 is 15.0 Å². The molecule has 2 heterocycles.